The second kappa shape index (κ2) is 8.28. The fourth-order valence-electron chi connectivity index (χ4n) is 1.77. The first-order valence-corrected chi connectivity index (χ1v) is 8.15. The van der Waals surface area contributed by atoms with Crippen LogP contribution in [0.15, 0.2) is 29.6 Å². The molecule has 0 saturated heterocycles. The average Bonchev–Trinajstić information content (AvgIpc) is 3.01. The van der Waals surface area contributed by atoms with E-state index in [9.17, 15) is 9.59 Å². The normalized spacial score (nSPS) is 10.2. The first-order valence-electron chi connectivity index (χ1n) is 7.27. The number of thiazole rings is 1. The van der Waals surface area contributed by atoms with Crippen molar-refractivity contribution in [2.24, 2.45) is 0 Å². The van der Waals surface area contributed by atoms with Gasteiger partial charge in [-0.3, -0.25) is 9.59 Å². The molecular formula is C16H19N3O3S. The summed E-state index contributed by atoms with van der Waals surface area (Å²) in [5.74, 6) is 0.168. The lowest BCUT2D eigenvalue weighted by Gasteiger charge is -2.04. The predicted molar refractivity (Wildman–Crippen MR) is 88.6 cm³/mol. The number of aryl methyl sites for hydroxylation is 1. The van der Waals surface area contributed by atoms with Crippen LogP contribution >= 0.6 is 11.3 Å². The zero-order valence-electron chi connectivity index (χ0n) is 13.1. The van der Waals surface area contributed by atoms with E-state index in [1.807, 2.05) is 38.1 Å². The Morgan fingerprint density at radius 2 is 1.96 bits per heavy atom. The van der Waals surface area contributed by atoms with Crippen molar-refractivity contribution in [1.29, 1.82) is 0 Å². The van der Waals surface area contributed by atoms with Gasteiger partial charge in [-0.25, -0.2) is 4.98 Å². The molecule has 7 heteroatoms. The summed E-state index contributed by atoms with van der Waals surface area (Å²) < 4.78 is 5.62. The first-order chi connectivity index (χ1) is 11.1. The summed E-state index contributed by atoms with van der Waals surface area (Å²) >= 11 is 1.35. The minimum Gasteiger partial charge on any atom is -0.486 e. The summed E-state index contributed by atoms with van der Waals surface area (Å²) in [5.41, 5.74) is 1.46. The Balaban J connectivity index is 1.83. The highest BCUT2D eigenvalue weighted by Gasteiger charge is 2.12. The van der Waals surface area contributed by atoms with Crippen LogP contribution in [0.2, 0.25) is 0 Å². The van der Waals surface area contributed by atoms with Gasteiger partial charge in [0.15, 0.2) is 0 Å². The van der Waals surface area contributed by atoms with Gasteiger partial charge in [0.25, 0.3) is 5.91 Å². The second-order valence-electron chi connectivity index (χ2n) is 4.86. The van der Waals surface area contributed by atoms with Crippen LogP contribution in [0.4, 0.5) is 0 Å². The molecule has 0 bridgehead atoms. The lowest BCUT2D eigenvalue weighted by Crippen LogP contribution is -2.36. The van der Waals surface area contributed by atoms with E-state index in [0.717, 1.165) is 11.3 Å². The summed E-state index contributed by atoms with van der Waals surface area (Å²) in [6.07, 6.45) is 0. The zero-order valence-corrected chi connectivity index (χ0v) is 13.9. The first kappa shape index (κ1) is 17.0. The predicted octanol–water partition coefficient (Wildman–Crippen LogP) is 1.90. The molecule has 2 rings (SSSR count). The van der Waals surface area contributed by atoms with Crippen LogP contribution in [0.3, 0.4) is 0 Å². The van der Waals surface area contributed by atoms with Crippen molar-refractivity contribution < 1.29 is 14.3 Å². The zero-order chi connectivity index (χ0) is 16.7. The maximum Gasteiger partial charge on any atom is 0.271 e. The fourth-order valence-corrected chi connectivity index (χ4v) is 2.46. The smallest absolute Gasteiger partial charge is 0.271 e. The van der Waals surface area contributed by atoms with E-state index >= 15 is 0 Å². The Morgan fingerprint density at radius 1 is 1.22 bits per heavy atom. The molecule has 1 aromatic heterocycles. The van der Waals surface area contributed by atoms with Crippen LogP contribution in [-0.2, 0) is 11.4 Å². The molecule has 0 spiro atoms. The molecule has 6 nitrogen and oxygen atoms in total. The number of aromatic nitrogens is 1. The van der Waals surface area contributed by atoms with Gasteiger partial charge in [0.1, 0.15) is 23.1 Å². The van der Waals surface area contributed by atoms with Crippen LogP contribution in [0.25, 0.3) is 0 Å². The number of carbonyl (C=O) groups is 2. The molecule has 2 N–H and O–H groups in total. The number of nitrogens with one attached hydrogen (secondary N) is 2. The Morgan fingerprint density at radius 3 is 2.65 bits per heavy atom. The molecule has 0 aliphatic carbocycles. The number of amides is 2. The summed E-state index contributed by atoms with van der Waals surface area (Å²) in [6, 6.07) is 7.72. The van der Waals surface area contributed by atoms with Crippen molar-refractivity contribution in [3.8, 4) is 5.75 Å². The SMILES string of the molecule is CCNC(=O)CNC(=O)c1csc(COc2ccc(C)cc2)n1. The third-order valence-electron chi connectivity index (χ3n) is 2.95. The molecule has 1 aromatic carbocycles. The van der Waals surface area contributed by atoms with Gasteiger partial charge in [0, 0.05) is 11.9 Å². The maximum atomic E-state index is 11.9. The molecule has 0 unspecified atom stereocenters. The number of benzene rings is 1. The number of hydrogen-bond acceptors (Lipinski definition) is 5. The van der Waals surface area contributed by atoms with Gasteiger partial charge >= 0.3 is 0 Å². The van der Waals surface area contributed by atoms with E-state index in [4.69, 9.17) is 4.74 Å². The lowest BCUT2D eigenvalue weighted by atomic mass is 10.2. The summed E-state index contributed by atoms with van der Waals surface area (Å²) in [7, 11) is 0. The van der Waals surface area contributed by atoms with E-state index in [-0.39, 0.29) is 18.4 Å². The molecule has 122 valence electrons. The number of hydrogen-bond donors (Lipinski definition) is 2. The molecule has 1 heterocycles. The van der Waals surface area contributed by atoms with Gasteiger partial charge in [-0.05, 0) is 26.0 Å². The molecule has 23 heavy (non-hydrogen) atoms. The van der Waals surface area contributed by atoms with Crippen LogP contribution in [0.1, 0.15) is 28.0 Å². The minimum atomic E-state index is -0.367. The number of carbonyl (C=O) groups excluding carboxylic acids is 2. The summed E-state index contributed by atoms with van der Waals surface area (Å²) in [5, 5.41) is 7.49. The van der Waals surface area contributed by atoms with Crippen molar-refractivity contribution in [3.63, 3.8) is 0 Å². The number of nitrogens with zero attached hydrogens (tertiary/aromatic N) is 1. The molecule has 0 aliphatic heterocycles. The van der Waals surface area contributed by atoms with E-state index in [1.165, 1.54) is 11.3 Å². The highest BCUT2D eigenvalue weighted by atomic mass is 32.1. The Labute approximate surface area is 138 Å². The Hall–Kier alpha value is -2.41. The van der Waals surface area contributed by atoms with Crippen LogP contribution in [0.5, 0.6) is 5.75 Å². The average molecular weight is 333 g/mol. The fraction of sp³-hybridized carbons (Fsp3) is 0.312. The molecular weight excluding hydrogens is 314 g/mol. The van der Waals surface area contributed by atoms with E-state index < -0.39 is 0 Å². The van der Waals surface area contributed by atoms with Crippen molar-refractivity contribution in [3.05, 3.63) is 45.9 Å². The summed E-state index contributed by atoms with van der Waals surface area (Å²) in [6.45, 7) is 4.61. The molecule has 2 aromatic rings. The van der Waals surface area contributed by atoms with E-state index in [0.29, 0.717) is 23.9 Å². The highest BCUT2D eigenvalue weighted by Crippen LogP contribution is 2.16. The second-order valence-corrected chi connectivity index (χ2v) is 5.81. The van der Waals surface area contributed by atoms with Crippen molar-refractivity contribution in [1.82, 2.24) is 15.6 Å². The molecule has 0 saturated carbocycles. The third kappa shape index (κ3) is 5.37. The quantitative estimate of drug-likeness (QED) is 0.811. The van der Waals surface area contributed by atoms with Gasteiger partial charge < -0.3 is 15.4 Å². The van der Waals surface area contributed by atoms with Gasteiger partial charge in [0.2, 0.25) is 5.91 Å². The number of rotatable bonds is 7. The molecule has 2 amide bonds. The number of likely N-dealkylation sites (N-methyl/N-ethyl adjacent to an activating group) is 1. The minimum absolute atomic E-state index is 0.0562. The molecule has 0 atom stereocenters. The van der Waals surface area contributed by atoms with E-state index in [1.54, 1.807) is 5.38 Å². The molecule has 0 radical (unpaired) electrons. The summed E-state index contributed by atoms with van der Waals surface area (Å²) in [4.78, 5) is 27.4. The maximum absolute atomic E-state index is 11.9. The van der Waals surface area contributed by atoms with Gasteiger partial charge in [-0.1, -0.05) is 17.7 Å². The van der Waals surface area contributed by atoms with Crippen molar-refractivity contribution in [2.75, 3.05) is 13.1 Å². The number of ether oxygens (including phenoxy) is 1. The van der Waals surface area contributed by atoms with Crippen LogP contribution < -0.4 is 15.4 Å². The monoisotopic (exact) mass is 333 g/mol. The van der Waals surface area contributed by atoms with Gasteiger partial charge in [-0.15, -0.1) is 11.3 Å². The third-order valence-corrected chi connectivity index (χ3v) is 3.77. The van der Waals surface area contributed by atoms with Crippen molar-refractivity contribution in [2.45, 2.75) is 20.5 Å². The Kier molecular flexibility index (Phi) is 6.10. The standard InChI is InChI=1S/C16H19N3O3S/c1-3-17-14(20)8-18-16(21)13-10-23-15(19-13)9-22-12-6-4-11(2)5-7-12/h4-7,10H,3,8-9H2,1-2H3,(H,17,20)(H,18,21). The Bertz CT molecular complexity index is 667. The van der Waals surface area contributed by atoms with Crippen LogP contribution in [-0.4, -0.2) is 29.9 Å². The van der Waals surface area contributed by atoms with Gasteiger partial charge in [0.05, 0.1) is 6.54 Å². The topological polar surface area (TPSA) is 80.3 Å². The largest absolute Gasteiger partial charge is 0.486 e. The van der Waals surface area contributed by atoms with Crippen LogP contribution in [0, 0.1) is 6.92 Å². The van der Waals surface area contributed by atoms with Crippen molar-refractivity contribution >= 4 is 23.2 Å². The van der Waals surface area contributed by atoms with Gasteiger partial charge in [-0.2, -0.15) is 0 Å². The molecule has 0 aliphatic rings. The van der Waals surface area contributed by atoms with E-state index in [2.05, 4.69) is 15.6 Å². The molecule has 0 fully saturated rings. The highest BCUT2D eigenvalue weighted by molar-refractivity contribution is 7.09. The lowest BCUT2D eigenvalue weighted by molar-refractivity contribution is -0.120.